The molecule has 13 nitrogen and oxygen atoms in total. The number of hydrogen-bond donors (Lipinski definition) is 6. The van der Waals surface area contributed by atoms with Crippen molar-refractivity contribution >= 4 is 36.1 Å². The SMILES string of the molecule is CC(=O)N[C@@H](Cc1ccccc1)C(=O)N[C@@H](CC(C)C)C(=O)N[C@H](/C=N/NC(N)=O)CCCCNC(=O)OC(C)(C)C. The molecule has 7 N–H and O–H groups in total. The van der Waals surface area contributed by atoms with Gasteiger partial charge < -0.3 is 31.7 Å². The second kappa shape index (κ2) is 18.3. The van der Waals surface area contributed by atoms with Crippen molar-refractivity contribution in [3.05, 3.63) is 35.9 Å². The number of nitrogens with one attached hydrogen (secondary N) is 5. The van der Waals surface area contributed by atoms with Gasteiger partial charge in [0.15, 0.2) is 0 Å². The summed E-state index contributed by atoms with van der Waals surface area (Å²) in [5, 5.41) is 14.8. The van der Waals surface area contributed by atoms with Crippen molar-refractivity contribution in [2.75, 3.05) is 6.54 Å². The van der Waals surface area contributed by atoms with Gasteiger partial charge in [0, 0.05) is 26.1 Å². The van der Waals surface area contributed by atoms with E-state index in [4.69, 9.17) is 10.5 Å². The number of hydrogen-bond acceptors (Lipinski definition) is 7. The van der Waals surface area contributed by atoms with Crippen LogP contribution in [-0.2, 0) is 25.5 Å². The maximum absolute atomic E-state index is 13.4. The second-order valence-corrected chi connectivity index (χ2v) is 11.4. The van der Waals surface area contributed by atoms with Gasteiger partial charge in [0.1, 0.15) is 17.7 Å². The zero-order valence-electron chi connectivity index (χ0n) is 25.5. The van der Waals surface area contributed by atoms with Gasteiger partial charge in [0.25, 0.3) is 0 Å². The molecule has 42 heavy (non-hydrogen) atoms. The Morgan fingerprint density at radius 2 is 1.60 bits per heavy atom. The number of rotatable bonds is 16. The number of alkyl carbamates (subject to hydrolysis) is 1. The minimum atomic E-state index is -0.890. The molecule has 0 fully saturated rings. The molecule has 0 heterocycles. The average Bonchev–Trinajstić information content (AvgIpc) is 2.86. The Morgan fingerprint density at radius 1 is 0.952 bits per heavy atom. The van der Waals surface area contributed by atoms with Crippen LogP contribution < -0.4 is 32.4 Å². The summed E-state index contributed by atoms with van der Waals surface area (Å²) in [4.78, 5) is 61.4. The topological polar surface area (TPSA) is 193 Å². The molecule has 0 aromatic heterocycles. The minimum absolute atomic E-state index is 0.0666. The Morgan fingerprint density at radius 3 is 2.17 bits per heavy atom. The Kier molecular flexibility index (Phi) is 15.6. The quantitative estimate of drug-likeness (QED) is 0.0971. The predicted octanol–water partition coefficient (Wildman–Crippen LogP) is 2.10. The van der Waals surface area contributed by atoms with Crippen molar-refractivity contribution in [3.63, 3.8) is 0 Å². The van der Waals surface area contributed by atoms with Crippen LogP contribution >= 0.6 is 0 Å². The molecule has 0 spiro atoms. The number of nitrogens with two attached hydrogens (primary N) is 1. The van der Waals surface area contributed by atoms with Crippen molar-refractivity contribution < 1.29 is 28.7 Å². The molecule has 0 saturated carbocycles. The first-order valence-corrected chi connectivity index (χ1v) is 14.1. The first-order chi connectivity index (χ1) is 19.7. The van der Waals surface area contributed by atoms with E-state index in [-0.39, 0.29) is 18.2 Å². The van der Waals surface area contributed by atoms with Crippen LogP contribution in [0.2, 0.25) is 0 Å². The third-order valence-corrected chi connectivity index (χ3v) is 5.68. The van der Waals surface area contributed by atoms with Crippen molar-refractivity contribution in [2.45, 2.75) is 97.4 Å². The van der Waals surface area contributed by atoms with Crippen LogP contribution in [0.15, 0.2) is 35.4 Å². The van der Waals surface area contributed by atoms with E-state index in [0.717, 1.165) is 5.56 Å². The monoisotopic (exact) mass is 589 g/mol. The number of carbonyl (C=O) groups is 5. The molecule has 1 aromatic rings. The lowest BCUT2D eigenvalue weighted by Crippen LogP contribution is -2.55. The maximum atomic E-state index is 13.4. The van der Waals surface area contributed by atoms with Crippen LogP contribution in [0.1, 0.15) is 72.8 Å². The standard InChI is InChI=1S/C29H47N7O6/c1-19(2)16-23(35-26(39)24(33-20(3)37)17-21-12-8-7-9-13-21)25(38)34-22(18-32-36-27(30)40)14-10-11-15-31-28(41)42-29(4,5)6/h7-9,12-13,18-19,22-24H,10-11,14-17H2,1-6H3,(H,31,41)(H,33,37)(H,34,38)(H,35,39)(H3,30,36,40)/b32-18+/t22-,23-,24-/m0/s1. The normalized spacial score (nSPS) is 13.5. The molecule has 13 heteroatoms. The fourth-order valence-electron chi connectivity index (χ4n) is 3.93. The van der Waals surface area contributed by atoms with Crippen molar-refractivity contribution in [1.29, 1.82) is 0 Å². The highest BCUT2D eigenvalue weighted by Crippen LogP contribution is 2.10. The molecule has 0 saturated heterocycles. The first-order valence-electron chi connectivity index (χ1n) is 14.1. The Labute approximate surface area is 248 Å². The number of unbranched alkanes of at least 4 members (excludes halogenated alkanes) is 1. The number of primary amides is 1. The van der Waals surface area contributed by atoms with Gasteiger partial charge in [0.05, 0.1) is 6.04 Å². The Balaban J connectivity index is 2.90. The molecule has 0 aliphatic carbocycles. The average molecular weight is 590 g/mol. The van der Waals surface area contributed by atoms with Crippen LogP contribution in [0.3, 0.4) is 0 Å². The zero-order chi connectivity index (χ0) is 31.7. The zero-order valence-corrected chi connectivity index (χ0v) is 25.5. The van der Waals surface area contributed by atoms with Crippen molar-refractivity contribution in [3.8, 4) is 0 Å². The van der Waals surface area contributed by atoms with Gasteiger partial charge >= 0.3 is 12.1 Å². The van der Waals surface area contributed by atoms with E-state index >= 15 is 0 Å². The van der Waals surface area contributed by atoms with E-state index in [1.54, 1.807) is 20.8 Å². The summed E-state index contributed by atoms with van der Waals surface area (Å²) in [6.07, 6.45) is 3.05. The van der Waals surface area contributed by atoms with E-state index < -0.39 is 47.7 Å². The number of ether oxygens (including phenoxy) is 1. The summed E-state index contributed by atoms with van der Waals surface area (Å²) in [6, 6.07) is 6.03. The van der Waals surface area contributed by atoms with E-state index in [2.05, 4.69) is 31.8 Å². The van der Waals surface area contributed by atoms with E-state index in [1.807, 2.05) is 44.2 Å². The highest BCUT2D eigenvalue weighted by atomic mass is 16.6. The van der Waals surface area contributed by atoms with E-state index in [1.165, 1.54) is 13.1 Å². The molecule has 0 radical (unpaired) electrons. The Bertz CT molecular complexity index is 1060. The Hall–Kier alpha value is -4.16. The second-order valence-electron chi connectivity index (χ2n) is 11.4. The number of benzene rings is 1. The molecular formula is C29H47N7O6. The largest absolute Gasteiger partial charge is 0.444 e. The van der Waals surface area contributed by atoms with Crippen LogP contribution in [0.25, 0.3) is 0 Å². The van der Waals surface area contributed by atoms with Gasteiger partial charge in [-0.15, -0.1) is 0 Å². The van der Waals surface area contributed by atoms with Crippen molar-refractivity contribution in [2.24, 2.45) is 16.8 Å². The lowest BCUT2D eigenvalue weighted by molar-refractivity contribution is -0.132. The van der Waals surface area contributed by atoms with E-state index in [0.29, 0.717) is 32.2 Å². The van der Waals surface area contributed by atoms with Gasteiger partial charge in [-0.1, -0.05) is 44.2 Å². The highest BCUT2D eigenvalue weighted by Gasteiger charge is 2.28. The third-order valence-electron chi connectivity index (χ3n) is 5.68. The summed E-state index contributed by atoms with van der Waals surface area (Å²) < 4.78 is 5.22. The molecule has 0 bridgehead atoms. The van der Waals surface area contributed by atoms with Crippen LogP contribution in [0.4, 0.5) is 9.59 Å². The maximum Gasteiger partial charge on any atom is 0.407 e. The number of amides is 6. The number of nitrogens with zero attached hydrogens (tertiary/aromatic N) is 1. The van der Waals surface area contributed by atoms with Gasteiger partial charge in [-0.25, -0.2) is 15.0 Å². The third kappa shape index (κ3) is 16.8. The van der Waals surface area contributed by atoms with Gasteiger partial charge in [-0.2, -0.15) is 5.10 Å². The molecule has 1 rings (SSSR count). The number of carbonyl (C=O) groups excluding carboxylic acids is 5. The smallest absolute Gasteiger partial charge is 0.407 e. The first kappa shape index (κ1) is 35.9. The highest BCUT2D eigenvalue weighted by molar-refractivity contribution is 5.92. The number of urea groups is 1. The van der Waals surface area contributed by atoms with Crippen LogP contribution in [-0.4, -0.2) is 66.3 Å². The number of hydrazone groups is 1. The molecule has 6 amide bonds. The summed E-state index contributed by atoms with van der Waals surface area (Å²) in [5.41, 5.74) is 7.45. The van der Waals surface area contributed by atoms with Gasteiger partial charge in [0.2, 0.25) is 17.7 Å². The predicted molar refractivity (Wildman–Crippen MR) is 160 cm³/mol. The van der Waals surface area contributed by atoms with Crippen molar-refractivity contribution in [1.82, 2.24) is 26.7 Å². The summed E-state index contributed by atoms with van der Waals surface area (Å²) in [7, 11) is 0. The molecule has 0 unspecified atom stereocenters. The van der Waals surface area contributed by atoms with Crippen LogP contribution in [0.5, 0.6) is 0 Å². The molecule has 3 atom stereocenters. The fourth-order valence-corrected chi connectivity index (χ4v) is 3.93. The lowest BCUT2D eigenvalue weighted by Gasteiger charge is -2.25. The molecule has 234 valence electrons. The summed E-state index contributed by atoms with van der Waals surface area (Å²) >= 11 is 0. The molecular weight excluding hydrogens is 542 g/mol. The molecule has 1 aromatic carbocycles. The molecule has 0 aliphatic heterocycles. The van der Waals surface area contributed by atoms with Gasteiger partial charge in [-0.05, 0) is 57.9 Å². The van der Waals surface area contributed by atoms with E-state index in [9.17, 15) is 24.0 Å². The lowest BCUT2D eigenvalue weighted by atomic mass is 10.0. The van der Waals surface area contributed by atoms with Gasteiger partial charge in [-0.3, -0.25) is 14.4 Å². The minimum Gasteiger partial charge on any atom is -0.444 e. The van der Waals surface area contributed by atoms with Crippen LogP contribution in [0, 0.1) is 5.92 Å². The fraction of sp³-hybridized carbons (Fsp3) is 0.586. The summed E-state index contributed by atoms with van der Waals surface area (Å²) in [5.74, 6) is -1.23. The molecule has 0 aliphatic rings. The summed E-state index contributed by atoms with van der Waals surface area (Å²) in [6.45, 7) is 10.9.